The molecular weight excluding hydrogens is 263 g/mol. The van der Waals surface area contributed by atoms with Gasteiger partial charge in [-0.05, 0) is 18.2 Å². The molecule has 1 unspecified atom stereocenters. The van der Waals surface area contributed by atoms with Crippen LogP contribution in [0.15, 0.2) is 24.3 Å². The zero-order valence-corrected chi connectivity index (χ0v) is 11.3. The van der Waals surface area contributed by atoms with Crippen molar-refractivity contribution in [2.75, 3.05) is 32.1 Å². The van der Waals surface area contributed by atoms with Crippen LogP contribution in [0.5, 0.6) is 0 Å². The number of nitrogens with one attached hydrogen (secondary N) is 1. The van der Waals surface area contributed by atoms with Gasteiger partial charge in [0.2, 0.25) is 11.8 Å². The van der Waals surface area contributed by atoms with Crippen molar-refractivity contribution in [1.29, 1.82) is 0 Å². The number of carbonyl (C=O) groups is 2. The summed E-state index contributed by atoms with van der Waals surface area (Å²) in [5.41, 5.74) is 0.401. The predicted octanol–water partition coefficient (Wildman–Crippen LogP) is 1.26. The van der Waals surface area contributed by atoms with E-state index in [1.54, 1.807) is 18.1 Å². The number of benzene rings is 1. The Hall–Kier alpha value is -1.95. The summed E-state index contributed by atoms with van der Waals surface area (Å²) in [4.78, 5) is 25.4. The quantitative estimate of drug-likeness (QED) is 0.883. The van der Waals surface area contributed by atoms with Gasteiger partial charge < -0.3 is 15.0 Å². The number of nitrogens with zero attached hydrogens (tertiary/aromatic N) is 1. The van der Waals surface area contributed by atoms with E-state index in [9.17, 15) is 14.0 Å². The number of anilines is 1. The molecule has 1 saturated heterocycles. The van der Waals surface area contributed by atoms with E-state index in [1.807, 2.05) is 0 Å². The lowest BCUT2D eigenvalue weighted by Crippen LogP contribution is -2.30. The molecule has 20 heavy (non-hydrogen) atoms. The molecule has 1 aliphatic rings. The summed E-state index contributed by atoms with van der Waals surface area (Å²) < 4.78 is 18.0. The Morgan fingerprint density at radius 3 is 3.05 bits per heavy atom. The smallest absolute Gasteiger partial charge is 0.229 e. The first-order valence-corrected chi connectivity index (χ1v) is 6.43. The van der Waals surface area contributed by atoms with Crippen LogP contribution < -0.4 is 5.32 Å². The average molecular weight is 280 g/mol. The SMILES string of the molecule is COCCN1CC(C(=O)Nc2cccc(F)c2)CC1=O. The van der Waals surface area contributed by atoms with Crippen LogP contribution in [-0.2, 0) is 14.3 Å². The summed E-state index contributed by atoms with van der Waals surface area (Å²) in [5.74, 6) is -1.13. The molecule has 2 amide bonds. The van der Waals surface area contributed by atoms with E-state index in [0.717, 1.165) is 0 Å². The maximum Gasteiger partial charge on any atom is 0.229 e. The Morgan fingerprint density at radius 2 is 2.35 bits per heavy atom. The number of hydrogen-bond donors (Lipinski definition) is 1. The van der Waals surface area contributed by atoms with Crippen LogP contribution in [-0.4, -0.2) is 43.5 Å². The van der Waals surface area contributed by atoms with Crippen LogP contribution in [0.25, 0.3) is 0 Å². The van der Waals surface area contributed by atoms with Crippen molar-refractivity contribution in [2.45, 2.75) is 6.42 Å². The normalized spacial score (nSPS) is 18.4. The van der Waals surface area contributed by atoms with Crippen LogP contribution in [0.4, 0.5) is 10.1 Å². The van der Waals surface area contributed by atoms with Crippen molar-refractivity contribution in [3.8, 4) is 0 Å². The summed E-state index contributed by atoms with van der Waals surface area (Å²) in [6.07, 6.45) is 0.185. The van der Waals surface area contributed by atoms with Gasteiger partial charge in [0.25, 0.3) is 0 Å². The van der Waals surface area contributed by atoms with Gasteiger partial charge in [0, 0.05) is 32.3 Å². The van der Waals surface area contributed by atoms with Gasteiger partial charge in [0.05, 0.1) is 12.5 Å². The maximum atomic E-state index is 13.0. The second kappa shape index (κ2) is 6.47. The average Bonchev–Trinajstić information content (AvgIpc) is 2.78. The Kier molecular flexibility index (Phi) is 4.68. The van der Waals surface area contributed by atoms with E-state index < -0.39 is 11.7 Å². The second-order valence-corrected chi connectivity index (χ2v) is 4.73. The molecule has 1 aromatic carbocycles. The van der Waals surface area contributed by atoms with Gasteiger partial charge in [-0.15, -0.1) is 0 Å². The Labute approximate surface area is 116 Å². The Bertz CT molecular complexity index is 507. The second-order valence-electron chi connectivity index (χ2n) is 4.73. The first-order chi connectivity index (χ1) is 9.60. The van der Waals surface area contributed by atoms with E-state index in [0.29, 0.717) is 25.4 Å². The molecule has 0 saturated carbocycles. The zero-order valence-electron chi connectivity index (χ0n) is 11.3. The van der Waals surface area contributed by atoms with Crippen LogP contribution in [0.1, 0.15) is 6.42 Å². The van der Waals surface area contributed by atoms with E-state index in [1.165, 1.54) is 18.2 Å². The molecular formula is C14H17FN2O3. The lowest BCUT2D eigenvalue weighted by Gasteiger charge is -2.15. The molecule has 108 valence electrons. The third-order valence-corrected chi connectivity index (χ3v) is 3.24. The standard InChI is InChI=1S/C14H17FN2O3/c1-20-6-5-17-9-10(7-13(17)18)14(19)16-12-4-2-3-11(15)8-12/h2-4,8,10H,5-7,9H2,1H3,(H,16,19). The molecule has 0 radical (unpaired) electrons. The topological polar surface area (TPSA) is 58.6 Å². The molecule has 0 bridgehead atoms. The van der Waals surface area contributed by atoms with Gasteiger partial charge in [-0.1, -0.05) is 6.07 Å². The number of amides is 2. The van der Waals surface area contributed by atoms with E-state index in [4.69, 9.17) is 4.74 Å². The van der Waals surface area contributed by atoms with E-state index in [-0.39, 0.29) is 18.2 Å². The van der Waals surface area contributed by atoms with Gasteiger partial charge in [0.1, 0.15) is 5.82 Å². The molecule has 1 fully saturated rings. The van der Waals surface area contributed by atoms with Crippen LogP contribution >= 0.6 is 0 Å². The highest BCUT2D eigenvalue weighted by molar-refractivity contribution is 5.97. The van der Waals surface area contributed by atoms with Crippen LogP contribution in [0.3, 0.4) is 0 Å². The van der Waals surface area contributed by atoms with Crippen molar-refractivity contribution < 1.29 is 18.7 Å². The Balaban J connectivity index is 1.92. The fraction of sp³-hybridized carbons (Fsp3) is 0.429. The summed E-state index contributed by atoms with van der Waals surface area (Å²) in [5, 5.41) is 2.63. The predicted molar refractivity (Wildman–Crippen MR) is 71.6 cm³/mol. The van der Waals surface area contributed by atoms with Gasteiger partial charge in [-0.25, -0.2) is 4.39 Å². The minimum absolute atomic E-state index is 0.0542. The zero-order chi connectivity index (χ0) is 14.5. The van der Waals surface area contributed by atoms with Crippen molar-refractivity contribution in [3.05, 3.63) is 30.1 Å². The number of rotatable bonds is 5. The van der Waals surface area contributed by atoms with Crippen molar-refractivity contribution in [1.82, 2.24) is 4.90 Å². The monoisotopic (exact) mass is 280 g/mol. The van der Waals surface area contributed by atoms with Gasteiger partial charge >= 0.3 is 0 Å². The van der Waals surface area contributed by atoms with E-state index >= 15 is 0 Å². The molecule has 1 aromatic rings. The van der Waals surface area contributed by atoms with Crippen molar-refractivity contribution >= 4 is 17.5 Å². The van der Waals surface area contributed by atoms with Crippen molar-refractivity contribution in [3.63, 3.8) is 0 Å². The summed E-state index contributed by atoms with van der Waals surface area (Å²) in [6, 6.07) is 5.69. The molecule has 1 N–H and O–H groups in total. The molecule has 1 heterocycles. The third-order valence-electron chi connectivity index (χ3n) is 3.24. The van der Waals surface area contributed by atoms with Crippen LogP contribution in [0, 0.1) is 11.7 Å². The molecule has 2 rings (SSSR count). The largest absolute Gasteiger partial charge is 0.383 e. The number of carbonyl (C=O) groups excluding carboxylic acids is 2. The number of hydrogen-bond acceptors (Lipinski definition) is 3. The van der Waals surface area contributed by atoms with Crippen molar-refractivity contribution in [2.24, 2.45) is 5.92 Å². The highest BCUT2D eigenvalue weighted by Crippen LogP contribution is 2.20. The number of ether oxygens (including phenoxy) is 1. The molecule has 1 aliphatic heterocycles. The molecule has 5 nitrogen and oxygen atoms in total. The molecule has 0 aromatic heterocycles. The maximum absolute atomic E-state index is 13.0. The molecule has 0 spiro atoms. The summed E-state index contributed by atoms with van der Waals surface area (Å²) >= 11 is 0. The number of likely N-dealkylation sites (tertiary alicyclic amines) is 1. The summed E-state index contributed by atoms with van der Waals surface area (Å²) in [6.45, 7) is 1.31. The van der Waals surface area contributed by atoms with Gasteiger partial charge in [-0.2, -0.15) is 0 Å². The minimum atomic E-state index is -0.410. The minimum Gasteiger partial charge on any atom is -0.383 e. The number of methoxy groups -OCH3 is 1. The lowest BCUT2D eigenvalue weighted by atomic mass is 10.1. The molecule has 0 aliphatic carbocycles. The van der Waals surface area contributed by atoms with E-state index in [2.05, 4.69) is 5.32 Å². The summed E-state index contributed by atoms with van der Waals surface area (Å²) in [7, 11) is 1.56. The fourth-order valence-corrected chi connectivity index (χ4v) is 2.18. The van der Waals surface area contributed by atoms with Crippen LogP contribution in [0.2, 0.25) is 0 Å². The fourth-order valence-electron chi connectivity index (χ4n) is 2.18. The molecule has 6 heteroatoms. The molecule has 1 atom stereocenters. The lowest BCUT2D eigenvalue weighted by molar-refractivity contribution is -0.128. The van der Waals surface area contributed by atoms with Gasteiger partial charge in [0.15, 0.2) is 0 Å². The highest BCUT2D eigenvalue weighted by atomic mass is 19.1. The first kappa shape index (κ1) is 14.5. The Morgan fingerprint density at radius 1 is 1.55 bits per heavy atom. The number of halogens is 1. The third kappa shape index (κ3) is 3.54. The van der Waals surface area contributed by atoms with Gasteiger partial charge in [-0.3, -0.25) is 9.59 Å². The highest BCUT2D eigenvalue weighted by Gasteiger charge is 2.33. The first-order valence-electron chi connectivity index (χ1n) is 6.43.